The van der Waals surface area contributed by atoms with Crippen LogP contribution in [0.2, 0.25) is 0 Å². The smallest absolute Gasteiger partial charge is 0.182 e. The minimum atomic E-state index is 0.533. The molecule has 8 aromatic rings. The third-order valence-electron chi connectivity index (χ3n) is 7.45. The van der Waals surface area contributed by atoms with Crippen molar-refractivity contribution in [1.29, 1.82) is 0 Å². The minimum Gasteiger partial charge on any atom is -0.294 e. The van der Waals surface area contributed by atoms with Crippen LogP contribution in [0, 0.1) is 0 Å². The average Bonchev–Trinajstić information content (AvgIpc) is 3.40. The van der Waals surface area contributed by atoms with E-state index in [9.17, 15) is 0 Å². The van der Waals surface area contributed by atoms with E-state index in [1.54, 1.807) is 0 Å². The molecule has 0 unspecified atom stereocenters. The SMILES string of the molecule is c1ccc(-c2nc(-c3ccccc3)nc(-c3cccc(-n4c5ccccc5c5c6ccccc6ccc54)n3)n2)cc1. The lowest BCUT2D eigenvalue weighted by Crippen LogP contribution is -2.03. The molecular weight excluding hydrogens is 502 g/mol. The standard InChI is InChI=1S/C36H23N5/c1-3-13-25(14-4-1)34-38-35(26-15-5-2-6-16-26)40-36(39-34)29-19-11-21-32(37-29)41-30-20-10-9-18-28(30)33-27-17-8-7-12-24(27)22-23-31(33)41/h1-23H. The van der Waals surface area contributed by atoms with Crippen LogP contribution < -0.4 is 0 Å². The van der Waals surface area contributed by atoms with Gasteiger partial charge in [0.05, 0.1) is 11.0 Å². The van der Waals surface area contributed by atoms with Crippen LogP contribution in [-0.4, -0.2) is 24.5 Å². The van der Waals surface area contributed by atoms with Crippen LogP contribution in [0.4, 0.5) is 0 Å². The zero-order chi connectivity index (χ0) is 27.2. The first-order valence-electron chi connectivity index (χ1n) is 13.6. The first-order chi connectivity index (χ1) is 20.3. The second kappa shape index (κ2) is 9.50. The predicted molar refractivity (Wildman–Crippen MR) is 166 cm³/mol. The maximum Gasteiger partial charge on any atom is 0.182 e. The van der Waals surface area contributed by atoms with E-state index in [1.165, 1.54) is 21.5 Å². The lowest BCUT2D eigenvalue weighted by Gasteiger charge is -2.11. The molecule has 0 spiro atoms. The van der Waals surface area contributed by atoms with Crippen LogP contribution in [0.1, 0.15) is 0 Å². The van der Waals surface area contributed by atoms with E-state index >= 15 is 0 Å². The van der Waals surface area contributed by atoms with Gasteiger partial charge in [0.1, 0.15) is 11.5 Å². The Balaban J connectivity index is 1.35. The molecule has 0 N–H and O–H groups in total. The zero-order valence-electron chi connectivity index (χ0n) is 22.0. The molecule has 0 aliphatic carbocycles. The Morgan fingerprint density at radius 3 is 1.73 bits per heavy atom. The highest BCUT2D eigenvalue weighted by Gasteiger charge is 2.17. The number of pyridine rings is 1. The maximum atomic E-state index is 5.15. The van der Waals surface area contributed by atoms with E-state index < -0.39 is 0 Å². The van der Waals surface area contributed by atoms with Crippen molar-refractivity contribution in [2.45, 2.75) is 0 Å². The van der Waals surface area contributed by atoms with E-state index in [2.05, 4.69) is 65.2 Å². The van der Waals surface area contributed by atoms with Gasteiger partial charge < -0.3 is 0 Å². The third kappa shape index (κ3) is 3.95. The normalized spacial score (nSPS) is 11.4. The molecule has 0 atom stereocenters. The van der Waals surface area contributed by atoms with Gasteiger partial charge in [-0.2, -0.15) is 0 Å². The molecule has 3 aromatic heterocycles. The number of para-hydroxylation sites is 1. The van der Waals surface area contributed by atoms with Crippen LogP contribution in [0.5, 0.6) is 0 Å². The van der Waals surface area contributed by atoms with Crippen molar-refractivity contribution in [3.05, 3.63) is 140 Å². The number of aromatic nitrogens is 5. The van der Waals surface area contributed by atoms with Crippen LogP contribution in [0.3, 0.4) is 0 Å². The Hall–Kier alpha value is -5.68. The first kappa shape index (κ1) is 23.2. The van der Waals surface area contributed by atoms with E-state index in [0.717, 1.165) is 28.0 Å². The molecule has 0 bridgehead atoms. The van der Waals surface area contributed by atoms with Crippen LogP contribution in [-0.2, 0) is 0 Å². The summed E-state index contributed by atoms with van der Waals surface area (Å²) in [5.41, 5.74) is 4.76. The van der Waals surface area contributed by atoms with Crippen molar-refractivity contribution in [2.24, 2.45) is 0 Å². The lowest BCUT2D eigenvalue weighted by atomic mass is 10.0. The molecule has 0 aliphatic rings. The minimum absolute atomic E-state index is 0.533. The highest BCUT2D eigenvalue weighted by Crippen LogP contribution is 2.36. The van der Waals surface area contributed by atoms with E-state index in [-0.39, 0.29) is 0 Å². The molecule has 0 aliphatic heterocycles. The van der Waals surface area contributed by atoms with Crippen LogP contribution in [0.25, 0.3) is 72.7 Å². The molecule has 0 amide bonds. The summed E-state index contributed by atoms with van der Waals surface area (Å²) in [6.45, 7) is 0. The highest BCUT2D eigenvalue weighted by molar-refractivity contribution is 6.21. The predicted octanol–water partition coefficient (Wildman–Crippen LogP) is 8.52. The second-order valence-electron chi connectivity index (χ2n) is 9.95. The summed E-state index contributed by atoms with van der Waals surface area (Å²) in [4.78, 5) is 19.8. The van der Waals surface area contributed by atoms with Crippen molar-refractivity contribution < 1.29 is 0 Å². The number of rotatable bonds is 4. The summed E-state index contributed by atoms with van der Waals surface area (Å²) < 4.78 is 2.23. The van der Waals surface area contributed by atoms with Crippen molar-refractivity contribution in [2.75, 3.05) is 0 Å². The lowest BCUT2D eigenvalue weighted by molar-refractivity contribution is 1.03. The number of benzene rings is 5. The van der Waals surface area contributed by atoms with Crippen molar-refractivity contribution in [3.8, 4) is 40.1 Å². The molecule has 41 heavy (non-hydrogen) atoms. The summed E-state index contributed by atoms with van der Waals surface area (Å²) in [5.74, 6) is 2.58. The van der Waals surface area contributed by atoms with E-state index in [4.69, 9.17) is 19.9 Å². The maximum absolute atomic E-state index is 5.15. The topological polar surface area (TPSA) is 56.5 Å². The van der Waals surface area contributed by atoms with Crippen LogP contribution in [0.15, 0.2) is 140 Å². The Morgan fingerprint density at radius 1 is 0.390 bits per heavy atom. The molecule has 3 heterocycles. The Morgan fingerprint density at radius 2 is 1.00 bits per heavy atom. The Kier molecular flexibility index (Phi) is 5.38. The number of fused-ring (bicyclic) bond motifs is 5. The second-order valence-corrected chi connectivity index (χ2v) is 9.95. The molecule has 192 valence electrons. The molecule has 5 nitrogen and oxygen atoms in total. The quantitative estimate of drug-likeness (QED) is 0.231. The van der Waals surface area contributed by atoms with Gasteiger partial charge in [-0.05, 0) is 35.0 Å². The highest BCUT2D eigenvalue weighted by atomic mass is 15.1. The molecular formula is C36H23N5. The summed E-state index contributed by atoms with van der Waals surface area (Å²) in [6.07, 6.45) is 0. The van der Waals surface area contributed by atoms with Gasteiger partial charge >= 0.3 is 0 Å². The van der Waals surface area contributed by atoms with Crippen LogP contribution >= 0.6 is 0 Å². The zero-order valence-corrected chi connectivity index (χ0v) is 22.0. The number of nitrogens with zero attached hydrogens (tertiary/aromatic N) is 5. The van der Waals surface area contributed by atoms with Crippen molar-refractivity contribution in [1.82, 2.24) is 24.5 Å². The number of hydrogen-bond donors (Lipinski definition) is 0. The van der Waals surface area contributed by atoms with E-state index in [0.29, 0.717) is 23.2 Å². The molecule has 5 aromatic carbocycles. The molecule has 5 heteroatoms. The average molecular weight is 526 g/mol. The van der Waals surface area contributed by atoms with Gasteiger partial charge in [0.15, 0.2) is 17.5 Å². The van der Waals surface area contributed by atoms with Gasteiger partial charge in [-0.25, -0.2) is 19.9 Å². The molecule has 0 radical (unpaired) electrons. The molecule has 0 fully saturated rings. The Bertz CT molecular complexity index is 2140. The fourth-order valence-electron chi connectivity index (χ4n) is 5.58. The summed E-state index contributed by atoms with van der Waals surface area (Å²) >= 11 is 0. The van der Waals surface area contributed by atoms with Gasteiger partial charge in [0.2, 0.25) is 0 Å². The van der Waals surface area contributed by atoms with Crippen molar-refractivity contribution in [3.63, 3.8) is 0 Å². The fourth-order valence-corrected chi connectivity index (χ4v) is 5.58. The van der Waals surface area contributed by atoms with E-state index in [1.807, 2.05) is 78.9 Å². The van der Waals surface area contributed by atoms with Crippen molar-refractivity contribution >= 4 is 32.6 Å². The van der Waals surface area contributed by atoms with Gasteiger partial charge in [-0.1, -0.05) is 115 Å². The van der Waals surface area contributed by atoms with Gasteiger partial charge in [-0.15, -0.1) is 0 Å². The largest absolute Gasteiger partial charge is 0.294 e. The van der Waals surface area contributed by atoms with Gasteiger partial charge in [0, 0.05) is 21.9 Å². The molecule has 0 saturated carbocycles. The molecule has 0 saturated heterocycles. The molecule has 8 rings (SSSR count). The third-order valence-corrected chi connectivity index (χ3v) is 7.45. The summed E-state index contributed by atoms with van der Waals surface area (Å²) in [5, 5.41) is 4.87. The summed E-state index contributed by atoms with van der Waals surface area (Å²) in [7, 11) is 0. The monoisotopic (exact) mass is 525 g/mol. The summed E-state index contributed by atoms with van der Waals surface area (Å²) in [6, 6.07) is 47.5. The first-order valence-corrected chi connectivity index (χ1v) is 13.6. The fraction of sp³-hybridized carbons (Fsp3) is 0. The van der Waals surface area contributed by atoms with Gasteiger partial charge in [0.25, 0.3) is 0 Å². The Labute approximate surface area is 236 Å². The van der Waals surface area contributed by atoms with Gasteiger partial charge in [-0.3, -0.25) is 4.57 Å². The number of hydrogen-bond acceptors (Lipinski definition) is 4.